The highest BCUT2D eigenvalue weighted by molar-refractivity contribution is 7.98. The van der Waals surface area contributed by atoms with Crippen LogP contribution in [0.5, 0.6) is 0 Å². The maximum absolute atomic E-state index is 2.73. The van der Waals surface area contributed by atoms with Gasteiger partial charge in [0.25, 0.3) is 0 Å². The Morgan fingerprint density at radius 2 is 1.59 bits per heavy atom. The number of hydrogen-bond donors (Lipinski definition) is 0. The monoisotopic (exact) mass is 319 g/mol. The largest absolute Gasteiger partial charge is 0.304 e. The molecule has 0 atom stereocenters. The maximum atomic E-state index is 2.73. The molecule has 0 aliphatic carbocycles. The average Bonchev–Trinajstić information content (AvgIpc) is 2.57. The minimum absolute atomic E-state index is 0.823. The molecule has 2 aliphatic rings. The third kappa shape index (κ3) is 4.25. The third-order valence-electron chi connectivity index (χ3n) is 5.18. The van der Waals surface area contributed by atoms with Gasteiger partial charge >= 0.3 is 0 Å². The fraction of sp³-hybridized carbons (Fsp3) is 0.667. The zero-order chi connectivity index (χ0) is 15.4. The lowest BCUT2D eigenvalue weighted by atomic mass is 10.0. The van der Waals surface area contributed by atoms with Crippen LogP contribution in [0.25, 0.3) is 0 Å². The Morgan fingerprint density at radius 1 is 0.955 bits per heavy atom. The van der Waals surface area contributed by atoms with Gasteiger partial charge in [-0.3, -0.25) is 9.80 Å². The second kappa shape index (κ2) is 7.82. The summed E-state index contributed by atoms with van der Waals surface area (Å²) in [5.41, 5.74) is 1.45. The smallest absolute Gasteiger partial charge is 0.0233 e. The number of hydrogen-bond acceptors (Lipinski definition) is 4. The number of likely N-dealkylation sites (N-methyl/N-ethyl adjacent to an activating group) is 1. The van der Waals surface area contributed by atoms with Crippen molar-refractivity contribution in [2.75, 3.05) is 52.6 Å². The van der Waals surface area contributed by atoms with Crippen LogP contribution in [-0.4, -0.2) is 73.3 Å². The Balaban J connectivity index is 1.45. The molecule has 1 aromatic carbocycles. The van der Waals surface area contributed by atoms with Crippen LogP contribution in [0.3, 0.4) is 0 Å². The predicted molar refractivity (Wildman–Crippen MR) is 95.6 cm³/mol. The Labute approximate surface area is 139 Å². The minimum Gasteiger partial charge on any atom is -0.304 e. The highest BCUT2D eigenvalue weighted by Gasteiger charge is 2.26. The number of nitrogens with zero attached hydrogens (tertiary/aromatic N) is 3. The van der Waals surface area contributed by atoms with Crippen molar-refractivity contribution in [1.82, 2.24) is 14.7 Å². The summed E-state index contributed by atoms with van der Waals surface area (Å²) in [5.74, 6) is 0. The van der Waals surface area contributed by atoms with Crippen molar-refractivity contribution in [3.8, 4) is 0 Å². The molecule has 0 unspecified atom stereocenters. The molecule has 0 bridgehead atoms. The van der Waals surface area contributed by atoms with E-state index in [9.17, 15) is 0 Å². The second-order valence-electron chi connectivity index (χ2n) is 6.69. The van der Waals surface area contributed by atoms with E-state index in [1.165, 1.54) is 62.6 Å². The molecule has 2 heterocycles. The van der Waals surface area contributed by atoms with Gasteiger partial charge in [0, 0.05) is 43.7 Å². The SMILES string of the molecule is CSc1ccc(CN2CCC(N3CCN(C)CC3)CC2)cc1. The van der Waals surface area contributed by atoms with Gasteiger partial charge in [0.15, 0.2) is 0 Å². The average molecular weight is 320 g/mol. The van der Waals surface area contributed by atoms with E-state index in [0.29, 0.717) is 0 Å². The van der Waals surface area contributed by atoms with Gasteiger partial charge < -0.3 is 4.90 Å². The normalized spacial score (nSPS) is 23.0. The van der Waals surface area contributed by atoms with E-state index in [1.807, 2.05) is 11.8 Å². The third-order valence-corrected chi connectivity index (χ3v) is 5.92. The Morgan fingerprint density at radius 3 is 2.18 bits per heavy atom. The first-order valence-corrected chi connectivity index (χ1v) is 9.75. The topological polar surface area (TPSA) is 9.72 Å². The van der Waals surface area contributed by atoms with Gasteiger partial charge in [0.2, 0.25) is 0 Å². The van der Waals surface area contributed by atoms with Crippen LogP contribution < -0.4 is 0 Å². The highest BCUT2D eigenvalue weighted by atomic mass is 32.2. The predicted octanol–water partition coefficient (Wildman–Crippen LogP) is 2.62. The Bertz CT molecular complexity index is 446. The maximum Gasteiger partial charge on any atom is 0.0233 e. The highest BCUT2D eigenvalue weighted by Crippen LogP contribution is 2.21. The van der Waals surface area contributed by atoms with E-state index in [4.69, 9.17) is 0 Å². The molecule has 0 amide bonds. The van der Waals surface area contributed by atoms with Crippen LogP contribution in [0.2, 0.25) is 0 Å². The first-order chi connectivity index (χ1) is 10.7. The van der Waals surface area contributed by atoms with Crippen LogP contribution in [-0.2, 0) is 6.54 Å². The van der Waals surface area contributed by atoms with Crippen molar-refractivity contribution in [3.05, 3.63) is 29.8 Å². The zero-order valence-electron chi connectivity index (χ0n) is 14.0. The van der Waals surface area contributed by atoms with Gasteiger partial charge in [-0.15, -0.1) is 11.8 Å². The van der Waals surface area contributed by atoms with Crippen LogP contribution >= 0.6 is 11.8 Å². The molecule has 0 radical (unpaired) electrons. The van der Waals surface area contributed by atoms with E-state index >= 15 is 0 Å². The second-order valence-corrected chi connectivity index (χ2v) is 7.57. The van der Waals surface area contributed by atoms with Gasteiger partial charge in [-0.25, -0.2) is 0 Å². The first-order valence-electron chi connectivity index (χ1n) is 8.52. The molecule has 2 fully saturated rings. The number of likely N-dealkylation sites (tertiary alicyclic amines) is 1. The van der Waals surface area contributed by atoms with E-state index in [1.54, 1.807) is 0 Å². The van der Waals surface area contributed by atoms with Gasteiger partial charge in [0.05, 0.1) is 0 Å². The van der Waals surface area contributed by atoms with Crippen molar-refractivity contribution >= 4 is 11.8 Å². The number of benzene rings is 1. The van der Waals surface area contributed by atoms with E-state index in [0.717, 1.165) is 12.6 Å². The standard InChI is InChI=1S/C18H29N3S/c1-19-11-13-21(14-12-19)17-7-9-20(10-8-17)15-16-3-5-18(22-2)6-4-16/h3-6,17H,7-15H2,1-2H3. The molecule has 3 rings (SSSR count). The Hall–Kier alpha value is -0.550. The van der Waals surface area contributed by atoms with Crippen molar-refractivity contribution < 1.29 is 0 Å². The quantitative estimate of drug-likeness (QED) is 0.789. The summed E-state index contributed by atoms with van der Waals surface area (Å²) in [5, 5.41) is 0. The van der Waals surface area contributed by atoms with Gasteiger partial charge in [-0.2, -0.15) is 0 Å². The number of piperidine rings is 1. The van der Waals surface area contributed by atoms with E-state index < -0.39 is 0 Å². The lowest BCUT2D eigenvalue weighted by Crippen LogP contribution is -2.52. The summed E-state index contributed by atoms with van der Waals surface area (Å²) in [6.45, 7) is 8.62. The van der Waals surface area contributed by atoms with E-state index in [-0.39, 0.29) is 0 Å². The molecule has 3 nitrogen and oxygen atoms in total. The fourth-order valence-electron chi connectivity index (χ4n) is 3.62. The molecule has 4 heteroatoms. The molecule has 2 aliphatic heterocycles. The molecular formula is C18H29N3S. The van der Waals surface area contributed by atoms with Gasteiger partial charge in [-0.05, 0) is 56.9 Å². The summed E-state index contributed by atoms with van der Waals surface area (Å²) < 4.78 is 0. The lowest BCUT2D eigenvalue weighted by Gasteiger charge is -2.42. The van der Waals surface area contributed by atoms with Crippen LogP contribution in [0.1, 0.15) is 18.4 Å². The van der Waals surface area contributed by atoms with Gasteiger partial charge in [-0.1, -0.05) is 12.1 Å². The molecule has 0 aromatic heterocycles. The minimum atomic E-state index is 0.823. The summed E-state index contributed by atoms with van der Waals surface area (Å²) in [6, 6.07) is 9.90. The van der Waals surface area contributed by atoms with Crippen LogP contribution in [0, 0.1) is 0 Å². The van der Waals surface area contributed by atoms with Crippen LogP contribution in [0.15, 0.2) is 29.2 Å². The van der Waals surface area contributed by atoms with E-state index in [2.05, 4.69) is 52.3 Å². The number of rotatable bonds is 4. The molecule has 0 spiro atoms. The van der Waals surface area contributed by atoms with Crippen molar-refractivity contribution in [2.45, 2.75) is 30.3 Å². The summed E-state index contributed by atoms with van der Waals surface area (Å²) in [6.07, 6.45) is 4.82. The number of piperazine rings is 1. The molecule has 122 valence electrons. The summed E-state index contributed by atoms with van der Waals surface area (Å²) >= 11 is 1.82. The van der Waals surface area contributed by atoms with Crippen molar-refractivity contribution in [3.63, 3.8) is 0 Å². The first kappa shape index (κ1) is 16.3. The zero-order valence-corrected chi connectivity index (χ0v) is 14.8. The fourth-order valence-corrected chi connectivity index (χ4v) is 4.03. The van der Waals surface area contributed by atoms with Crippen molar-refractivity contribution in [2.24, 2.45) is 0 Å². The lowest BCUT2D eigenvalue weighted by molar-refractivity contribution is 0.0658. The number of thioether (sulfide) groups is 1. The molecule has 2 saturated heterocycles. The molecule has 0 saturated carbocycles. The molecule has 0 N–H and O–H groups in total. The van der Waals surface area contributed by atoms with Gasteiger partial charge in [0.1, 0.15) is 0 Å². The Kier molecular flexibility index (Phi) is 5.80. The summed E-state index contributed by atoms with van der Waals surface area (Å²) in [4.78, 5) is 9.16. The molecular weight excluding hydrogens is 290 g/mol. The van der Waals surface area contributed by atoms with Crippen LogP contribution in [0.4, 0.5) is 0 Å². The summed E-state index contributed by atoms with van der Waals surface area (Å²) in [7, 11) is 2.24. The van der Waals surface area contributed by atoms with Crippen molar-refractivity contribution in [1.29, 1.82) is 0 Å². The molecule has 22 heavy (non-hydrogen) atoms. The molecule has 1 aromatic rings.